The largest absolute Gasteiger partial charge is 0.497 e. The van der Waals surface area contributed by atoms with Crippen LogP contribution < -0.4 is 15.4 Å². The lowest BCUT2D eigenvalue weighted by atomic mass is 10.1. The molecule has 1 aliphatic rings. The monoisotopic (exact) mass is 389 g/mol. The first-order valence-corrected chi connectivity index (χ1v) is 10.6. The van der Waals surface area contributed by atoms with Crippen LogP contribution >= 0.6 is 0 Å². The number of carbonyl (C=O) groups excluding carboxylic acids is 1. The van der Waals surface area contributed by atoms with Gasteiger partial charge in [0, 0.05) is 12.6 Å². The Bertz CT molecular complexity index is 897. The third-order valence-electron chi connectivity index (χ3n) is 4.44. The van der Waals surface area contributed by atoms with Gasteiger partial charge >= 0.3 is 0 Å². The summed E-state index contributed by atoms with van der Waals surface area (Å²) in [5.74, 6) is 0.615. The van der Waals surface area contributed by atoms with Crippen molar-refractivity contribution in [2.45, 2.75) is 18.9 Å². The number of nitrogens with zero attached hydrogens (tertiary/aromatic N) is 1. The number of carbonyl (C=O) groups is 1. The number of hydrogen-bond acceptors (Lipinski definition) is 6. The van der Waals surface area contributed by atoms with E-state index in [4.69, 9.17) is 4.74 Å². The number of aromatic nitrogens is 1. The third-order valence-corrected chi connectivity index (χ3v) is 6.21. The lowest BCUT2D eigenvalue weighted by Crippen LogP contribution is -2.36. The van der Waals surface area contributed by atoms with Crippen LogP contribution in [0.2, 0.25) is 0 Å². The maximum Gasteiger partial charge on any atom is 0.270 e. The molecule has 8 heteroatoms. The van der Waals surface area contributed by atoms with Crippen molar-refractivity contribution in [3.05, 3.63) is 53.9 Å². The van der Waals surface area contributed by atoms with Crippen LogP contribution in [0.4, 0.5) is 5.69 Å². The fraction of sp³-hybridized carbons (Fsp3) is 0.368. The van der Waals surface area contributed by atoms with Gasteiger partial charge in [-0.05, 0) is 42.7 Å². The van der Waals surface area contributed by atoms with E-state index in [2.05, 4.69) is 15.6 Å². The summed E-state index contributed by atoms with van der Waals surface area (Å²) in [5, 5.41) is 6.00. The summed E-state index contributed by atoms with van der Waals surface area (Å²) in [5.41, 5.74) is 2.26. The lowest BCUT2D eigenvalue weighted by Gasteiger charge is -2.11. The topological polar surface area (TPSA) is 97.4 Å². The van der Waals surface area contributed by atoms with Gasteiger partial charge in [-0.1, -0.05) is 12.1 Å². The highest BCUT2D eigenvalue weighted by Crippen LogP contribution is 2.14. The third kappa shape index (κ3) is 5.43. The highest BCUT2D eigenvalue weighted by atomic mass is 32.2. The number of hydrogen-bond donors (Lipinski definition) is 2. The quantitative estimate of drug-likeness (QED) is 0.748. The normalized spacial score (nSPS) is 18.0. The van der Waals surface area contributed by atoms with Crippen LogP contribution in [0, 0.1) is 0 Å². The van der Waals surface area contributed by atoms with E-state index in [1.54, 1.807) is 25.4 Å². The van der Waals surface area contributed by atoms with Crippen molar-refractivity contribution in [2.24, 2.45) is 0 Å². The van der Waals surface area contributed by atoms with E-state index in [9.17, 15) is 13.2 Å². The number of sulfone groups is 1. The van der Waals surface area contributed by atoms with Crippen LogP contribution in [-0.4, -0.2) is 50.5 Å². The van der Waals surface area contributed by atoms with E-state index in [0.717, 1.165) is 30.0 Å². The predicted molar refractivity (Wildman–Crippen MR) is 104 cm³/mol. The molecule has 2 heterocycles. The average Bonchev–Trinajstić information content (AvgIpc) is 3.00. The molecule has 0 spiro atoms. The average molecular weight is 389 g/mol. The minimum absolute atomic E-state index is 0.00263. The van der Waals surface area contributed by atoms with Crippen LogP contribution in [0.25, 0.3) is 0 Å². The van der Waals surface area contributed by atoms with Gasteiger partial charge in [0.1, 0.15) is 11.4 Å². The van der Waals surface area contributed by atoms with E-state index < -0.39 is 9.84 Å². The molecule has 2 aromatic rings. The molecule has 2 N–H and O–H groups in total. The highest BCUT2D eigenvalue weighted by Gasteiger charge is 2.29. The van der Waals surface area contributed by atoms with Gasteiger partial charge in [-0.3, -0.25) is 4.79 Å². The number of pyridine rings is 1. The number of anilines is 1. The molecule has 1 amide bonds. The minimum atomic E-state index is -3.02. The molecule has 1 aliphatic heterocycles. The molecule has 0 radical (unpaired) electrons. The summed E-state index contributed by atoms with van der Waals surface area (Å²) in [6.45, 7) is 0.723. The van der Waals surface area contributed by atoms with Crippen LogP contribution in [0.1, 0.15) is 22.5 Å². The van der Waals surface area contributed by atoms with Gasteiger partial charge < -0.3 is 15.4 Å². The first-order valence-electron chi connectivity index (χ1n) is 8.79. The Morgan fingerprint density at radius 2 is 2.15 bits per heavy atom. The first-order chi connectivity index (χ1) is 12.9. The molecule has 1 aromatic carbocycles. The second-order valence-electron chi connectivity index (χ2n) is 6.53. The number of nitrogens with one attached hydrogen (secondary N) is 2. The molecule has 1 saturated heterocycles. The molecule has 1 aromatic heterocycles. The summed E-state index contributed by atoms with van der Waals surface area (Å²) < 4.78 is 28.1. The molecule has 3 rings (SSSR count). The summed E-state index contributed by atoms with van der Waals surface area (Å²) >= 11 is 0. The number of ether oxygens (including phenoxy) is 1. The predicted octanol–water partition coefficient (Wildman–Crippen LogP) is 1.66. The van der Waals surface area contributed by atoms with E-state index in [0.29, 0.717) is 6.42 Å². The zero-order valence-corrected chi connectivity index (χ0v) is 16.0. The fourth-order valence-corrected chi connectivity index (χ4v) is 4.65. The van der Waals surface area contributed by atoms with E-state index in [1.165, 1.54) is 0 Å². The summed E-state index contributed by atoms with van der Waals surface area (Å²) in [6.07, 6.45) is 2.89. The number of amides is 1. The Morgan fingerprint density at radius 1 is 1.30 bits per heavy atom. The Balaban J connectivity index is 1.49. The summed E-state index contributed by atoms with van der Waals surface area (Å²) in [6, 6.07) is 11.0. The maximum atomic E-state index is 12.2. The molecule has 27 heavy (non-hydrogen) atoms. The van der Waals surface area contributed by atoms with Crippen LogP contribution in [0.15, 0.2) is 42.6 Å². The van der Waals surface area contributed by atoms with E-state index in [1.807, 2.05) is 24.3 Å². The zero-order chi connectivity index (χ0) is 19.3. The molecular formula is C19H23N3O4S. The molecular weight excluding hydrogens is 366 g/mol. The van der Waals surface area contributed by atoms with Crippen molar-refractivity contribution in [3.63, 3.8) is 0 Å². The van der Waals surface area contributed by atoms with Gasteiger partial charge in [-0.25, -0.2) is 13.4 Å². The Hall–Kier alpha value is -2.61. The van der Waals surface area contributed by atoms with Crippen molar-refractivity contribution in [2.75, 3.05) is 30.5 Å². The Morgan fingerprint density at radius 3 is 2.81 bits per heavy atom. The second kappa shape index (κ2) is 8.39. The molecule has 7 nitrogen and oxygen atoms in total. The molecule has 1 fully saturated rings. The van der Waals surface area contributed by atoms with Gasteiger partial charge in [0.2, 0.25) is 0 Å². The Labute approximate surface area is 159 Å². The van der Waals surface area contributed by atoms with Crippen molar-refractivity contribution in [1.82, 2.24) is 10.3 Å². The zero-order valence-electron chi connectivity index (χ0n) is 15.1. The standard InChI is InChI=1S/C19H23N3O4S/c1-26-17-4-2-3-14(11-17)7-9-20-15-5-6-18(21-12-15)19(23)22-16-8-10-27(24,25)13-16/h2-6,11-12,16,20H,7-10,13H2,1H3,(H,22,23). The van der Waals surface area contributed by atoms with Crippen molar-refractivity contribution in [3.8, 4) is 5.75 Å². The first kappa shape index (κ1) is 19.2. The minimum Gasteiger partial charge on any atom is -0.497 e. The van der Waals surface area contributed by atoms with Gasteiger partial charge in [-0.15, -0.1) is 0 Å². The number of benzene rings is 1. The number of methoxy groups -OCH3 is 1. The lowest BCUT2D eigenvalue weighted by molar-refractivity contribution is 0.0936. The van der Waals surface area contributed by atoms with Gasteiger partial charge in [0.05, 0.1) is 30.5 Å². The van der Waals surface area contributed by atoms with Crippen LogP contribution in [-0.2, 0) is 16.3 Å². The van der Waals surface area contributed by atoms with Crippen molar-refractivity contribution >= 4 is 21.4 Å². The van der Waals surface area contributed by atoms with Gasteiger partial charge in [-0.2, -0.15) is 0 Å². The van der Waals surface area contributed by atoms with Crippen molar-refractivity contribution in [1.29, 1.82) is 0 Å². The molecule has 0 aliphatic carbocycles. The summed E-state index contributed by atoms with van der Waals surface area (Å²) in [7, 11) is -1.38. The highest BCUT2D eigenvalue weighted by molar-refractivity contribution is 7.91. The van der Waals surface area contributed by atoms with Gasteiger partial charge in [0.25, 0.3) is 5.91 Å². The smallest absolute Gasteiger partial charge is 0.270 e. The summed E-state index contributed by atoms with van der Waals surface area (Å²) in [4.78, 5) is 16.3. The molecule has 0 bridgehead atoms. The molecule has 1 atom stereocenters. The fourth-order valence-electron chi connectivity index (χ4n) is 2.98. The van der Waals surface area contributed by atoms with Gasteiger partial charge in [0.15, 0.2) is 9.84 Å². The van der Waals surface area contributed by atoms with Crippen LogP contribution in [0.3, 0.4) is 0 Å². The maximum absolute atomic E-state index is 12.2. The van der Waals surface area contributed by atoms with Crippen molar-refractivity contribution < 1.29 is 17.9 Å². The molecule has 1 unspecified atom stereocenters. The second-order valence-corrected chi connectivity index (χ2v) is 8.76. The molecule has 0 saturated carbocycles. The number of rotatable bonds is 7. The van der Waals surface area contributed by atoms with E-state index >= 15 is 0 Å². The molecule has 144 valence electrons. The van der Waals surface area contributed by atoms with E-state index in [-0.39, 0.29) is 29.1 Å². The Kier molecular flexibility index (Phi) is 5.95. The van der Waals surface area contributed by atoms with Crippen LogP contribution in [0.5, 0.6) is 5.75 Å². The SMILES string of the molecule is COc1cccc(CCNc2ccc(C(=O)NC3CCS(=O)(=O)C3)nc2)c1.